The van der Waals surface area contributed by atoms with Crippen LogP contribution in [0.5, 0.6) is 5.75 Å². The summed E-state index contributed by atoms with van der Waals surface area (Å²) in [4.78, 5) is 16.2. The van der Waals surface area contributed by atoms with Crippen molar-refractivity contribution in [3.05, 3.63) is 80.5 Å². The van der Waals surface area contributed by atoms with E-state index in [4.69, 9.17) is 9.47 Å². The van der Waals surface area contributed by atoms with Crippen LogP contribution in [0.2, 0.25) is 0 Å². The topological polar surface area (TPSA) is 70.7 Å². The molecule has 1 aliphatic heterocycles. The van der Waals surface area contributed by atoms with Gasteiger partial charge in [-0.3, -0.25) is 4.79 Å². The van der Waals surface area contributed by atoms with Crippen molar-refractivity contribution in [3.63, 3.8) is 0 Å². The lowest BCUT2D eigenvalue weighted by atomic mass is 9.96. The summed E-state index contributed by atoms with van der Waals surface area (Å²) in [5, 5.41) is 10.7. The molecular formula is C30H32N4O3S2. The smallest absolute Gasteiger partial charge is 0.268 e. The van der Waals surface area contributed by atoms with Crippen molar-refractivity contribution in [2.45, 2.75) is 70.8 Å². The van der Waals surface area contributed by atoms with Crippen molar-refractivity contribution in [3.8, 4) is 11.4 Å². The molecule has 4 heterocycles. The zero-order valence-corrected chi connectivity index (χ0v) is 24.4. The quantitative estimate of drug-likeness (QED) is 0.210. The van der Waals surface area contributed by atoms with E-state index >= 15 is 0 Å². The van der Waals surface area contributed by atoms with Crippen LogP contribution in [0.3, 0.4) is 0 Å². The number of rotatable bonds is 7. The maximum absolute atomic E-state index is 14.2. The van der Waals surface area contributed by atoms with Crippen molar-refractivity contribution in [2.24, 2.45) is 5.92 Å². The van der Waals surface area contributed by atoms with E-state index in [0.29, 0.717) is 18.3 Å². The number of thiophene rings is 1. The van der Waals surface area contributed by atoms with Gasteiger partial charge in [0.15, 0.2) is 5.16 Å². The molecule has 0 radical (unpaired) electrons. The summed E-state index contributed by atoms with van der Waals surface area (Å²) in [5.41, 5.74) is 4.10. The molecule has 5 aromatic rings. The van der Waals surface area contributed by atoms with Crippen LogP contribution in [0.4, 0.5) is 0 Å². The van der Waals surface area contributed by atoms with Crippen molar-refractivity contribution in [2.75, 3.05) is 0 Å². The molecule has 0 saturated carbocycles. The Labute approximate surface area is 235 Å². The predicted octanol–water partition coefficient (Wildman–Crippen LogP) is 6.58. The molecule has 2 aromatic carbocycles. The molecule has 7 nitrogen and oxygen atoms in total. The van der Waals surface area contributed by atoms with Gasteiger partial charge in [0, 0.05) is 17.1 Å². The fraction of sp³-hybridized carbons (Fsp3) is 0.367. The van der Waals surface area contributed by atoms with Gasteiger partial charge in [0.05, 0.1) is 29.9 Å². The average Bonchev–Trinajstić information content (AvgIpc) is 3.49. The minimum atomic E-state index is -0.0466. The van der Waals surface area contributed by atoms with Crippen LogP contribution >= 0.6 is 23.1 Å². The number of benzene rings is 2. The van der Waals surface area contributed by atoms with Crippen molar-refractivity contribution >= 4 is 39.1 Å². The number of hydrogen-bond donors (Lipinski definition) is 0. The largest absolute Gasteiger partial charge is 0.491 e. The molecule has 0 N–H and O–H groups in total. The van der Waals surface area contributed by atoms with E-state index < -0.39 is 0 Å². The van der Waals surface area contributed by atoms with Crippen LogP contribution in [0.25, 0.3) is 21.7 Å². The minimum absolute atomic E-state index is 0.0466. The highest BCUT2D eigenvalue weighted by Crippen LogP contribution is 2.38. The van der Waals surface area contributed by atoms with Gasteiger partial charge in [0.25, 0.3) is 5.56 Å². The number of thioether (sulfide) groups is 1. The van der Waals surface area contributed by atoms with Crippen molar-refractivity contribution < 1.29 is 9.47 Å². The van der Waals surface area contributed by atoms with E-state index in [-0.39, 0.29) is 17.8 Å². The lowest BCUT2D eigenvalue weighted by Crippen LogP contribution is -2.28. The number of hydrogen-bond acceptors (Lipinski definition) is 7. The number of ether oxygens (including phenoxy) is 2. The first-order valence-corrected chi connectivity index (χ1v) is 15.1. The molecule has 9 heteroatoms. The first kappa shape index (κ1) is 26.1. The molecule has 0 unspecified atom stereocenters. The molecule has 0 amide bonds. The highest BCUT2D eigenvalue weighted by Gasteiger charge is 2.30. The Hall–Kier alpha value is -3.14. The first-order valence-electron chi connectivity index (χ1n) is 13.3. The molecule has 0 bridgehead atoms. The predicted molar refractivity (Wildman–Crippen MR) is 158 cm³/mol. The summed E-state index contributed by atoms with van der Waals surface area (Å²) in [6, 6.07) is 16.2. The molecule has 1 atom stereocenters. The third kappa shape index (κ3) is 4.88. The second-order valence-corrected chi connectivity index (χ2v) is 12.7. The van der Waals surface area contributed by atoms with Gasteiger partial charge in [-0.25, -0.2) is 8.97 Å². The van der Waals surface area contributed by atoms with Gasteiger partial charge in [0.1, 0.15) is 10.6 Å². The third-order valence-electron chi connectivity index (χ3n) is 7.01. The molecular weight excluding hydrogens is 528 g/mol. The van der Waals surface area contributed by atoms with Crippen LogP contribution in [0.15, 0.2) is 58.5 Å². The van der Waals surface area contributed by atoms with Gasteiger partial charge in [-0.2, -0.15) is 0 Å². The summed E-state index contributed by atoms with van der Waals surface area (Å²) in [5.74, 6) is 2.48. The molecule has 3 aromatic heterocycles. The maximum atomic E-state index is 14.2. The Morgan fingerprint density at radius 1 is 1.13 bits per heavy atom. The molecule has 0 aliphatic carbocycles. The van der Waals surface area contributed by atoms with E-state index in [1.54, 1.807) is 27.7 Å². The number of aromatic nitrogens is 4. The van der Waals surface area contributed by atoms with Gasteiger partial charge in [-0.1, -0.05) is 49.9 Å². The summed E-state index contributed by atoms with van der Waals surface area (Å²) in [6.45, 7) is 10.9. The zero-order valence-electron chi connectivity index (χ0n) is 22.8. The monoisotopic (exact) mass is 560 g/mol. The minimum Gasteiger partial charge on any atom is -0.491 e. The van der Waals surface area contributed by atoms with E-state index in [1.807, 2.05) is 57.2 Å². The van der Waals surface area contributed by atoms with Crippen molar-refractivity contribution in [1.29, 1.82) is 0 Å². The van der Waals surface area contributed by atoms with Crippen LogP contribution < -0.4 is 10.3 Å². The van der Waals surface area contributed by atoms with Crippen molar-refractivity contribution in [1.82, 2.24) is 19.2 Å². The highest BCUT2D eigenvalue weighted by atomic mass is 32.2. The standard InChI is InChI=1S/C30H32N4O3S2/c1-17(2)24-14-23-25(15-36-24)39-28-26(23)27(35)33(21-8-6-7-19(5)13-21)29-31-32-30(34(28)29)38-16-20-9-11-22(12-10-20)37-18(3)4/h6-13,17-18,24H,14-16H2,1-5H3/t24-/m0/s1. The van der Waals surface area contributed by atoms with Crippen LogP contribution in [-0.2, 0) is 23.5 Å². The maximum Gasteiger partial charge on any atom is 0.268 e. The SMILES string of the molecule is Cc1cccc(-n2c(=O)c3c4c(sc3n3c(SCc5ccc(OC(C)C)cc5)nnc23)CO[C@H](C(C)C)C4)c1. The Balaban J connectivity index is 1.48. The molecule has 0 fully saturated rings. The number of fused-ring (bicyclic) bond motifs is 5. The van der Waals surface area contributed by atoms with Gasteiger partial charge in [-0.05, 0) is 67.6 Å². The van der Waals surface area contributed by atoms with Gasteiger partial charge in [-0.15, -0.1) is 21.5 Å². The Bertz CT molecular complexity index is 1720. The average molecular weight is 561 g/mol. The zero-order chi connectivity index (χ0) is 27.3. The van der Waals surface area contributed by atoms with E-state index in [9.17, 15) is 4.79 Å². The molecule has 39 heavy (non-hydrogen) atoms. The van der Waals surface area contributed by atoms with Crippen LogP contribution in [-0.4, -0.2) is 31.4 Å². The Kier molecular flexibility index (Phi) is 6.99. The lowest BCUT2D eigenvalue weighted by molar-refractivity contribution is 0.00200. The Morgan fingerprint density at radius 2 is 1.92 bits per heavy atom. The molecule has 6 rings (SSSR count). The molecule has 202 valence electrons. The van der Waals surface area contributed by atoms with Crippen LogP contribution in [0.1, 0.15) is 49.3 Å². The summed E-state index contributed by atoms with van der Waals surface area (Å²) < 4.78 is 15.7. The van der Waals surface area contributed by atoms with Gasteiger partial charge in [0.2, 0.25) is 5.78 Å². The van der Waals surface area contributed by atoms with E-state index in [2.05, 4.69) is 40.6 Å². The molecule has 0 saturated heterocycles. The third-order valence-corrected chi connectivity index (χ3v) is 9.20. The first-order chi connectivity index (χ1) is 18.8. The fourth-order valence-electron chi connectivity index (χ4n) is 5.04. The lowest BCUT2D eigenvalue weighted by Gasteiger charge is -2.26. The van der Waals surface area contributed by atoms with Crippen LogP contribution in [0, 0.1) is 12.8 Å². The number of aryl methyl sites for hydroxylation is 1. The summed E-state index contributed by atoms with van der Waals surface area (Å²) in [6.07, 6.45) is 0.964. The highest BCUT2D eigenvalue weighted by molar-refractivity contribution is 7.98. The molecule has 1 aliphatic rings. The molecule has 0 spiro atoms. The van der Waals surface area contributed by atoms with Gasteiger partial charge < -0.3 is 9.47 Å². The summed E-state index contributed by atoms with van der Waals surface area (Å²) in [7, 11) is 0. The fourth-order valence-corrected chi connectivity index (χ4v) is 7.23. The van der Waals surface area contributed by atoms with E-state index in [0.717, 1.165) is 60.6 Å². The van der Waals surface area contributed by atoms with E-state index in [1.165, 1.54) is 0 Å². The second kappa shape index (κ2) is 10.4. The Morgan fingerprint density at radius 3 is 2.64 bits per heavy atom. The van der Waals surface area contributed by atoms with Gasteiger partial charge >= 0.3 is 0 Å². The summed E-state index contributed by atoms with van der Waals surface area (Å²) >= 11 is 3.24. The second-order valence-electron chi connectivity index (χ2n) is 10.7. The normalized spacial score (nSPS) is 15.5. The number of nitrogens with zero attached hydrogens (tertiary/aromatic N) is 4.